The second-order valence-electron chi connectivity index (χ2n) is 6.01. The lowest BCUT2D eigenvalue weighted by Crippen LogP contribution is -2.39. The van der Waals surface area contributed by atoms with Crippen LogP contribution in [-0.4, -0.2) is 52.0 Å². The van der Waals surface area contributed by atoms with Gasteiger partial charge in [0.1, 0.15) is 5.76 Å². The van der Waals surface area contributed by atoms with E-state index in [9.17, 15) is 0 Å². The first-order valence-corrected chi connectivity index (χ1v) is 9.08. The molecule has 0 spiro atoms. The van der Waals surface area contributed by atoms with Crippen molar-refractivity contribution in [3.05, 3.63) is 24.2 Å². The molecule has 0 saturated carbocycles. The minimum absolute atomic E-state index is 0. The standard InChI is InChI=1S/C18H31N3O3.HI/c1-2-22-11-4-3-9-19-18(21-14-16-8-13-23-15-16)20-10-7-17-6-5-12-24-17;/h5-6,12,16H,2-4,7-11,13-15H2,1H3,(H2,19,20,21);1H. The summed E-state index contributed by atoms with van der Waals surface area (Å²) in [5.41, 5.74) is 0. The van der Waals surface area contributed by atoms with E-state index in [1.165, 1.54) is 0 Å². The number of ether oxygens (including phenoxy) is 2. The zero-order valence-electron chi connectivity index (χ0n) is 15.2. The first-order valence-electron chi connectivity index (χ1n) is 9.08. The number of unbranched alkanes of at least 4 members (excludes halogenated alkanes) is 1. The van der Waals surface area contributed by atoms with E-state index in [0.29, 0.717) is 5.92 Å². The highest BCUT2D eigenvalue weighted by Gasteiger charge is 2.15. The molecule has 1 aliphatic rings. The minimum Gasteiger partial charge on any atom is -0.469 e. The van der Waals surface area contributed by atoms with Crippen molar-refractivity contribution in [1.82, 2.24) is 10.6 Å². The SMILES string of the molecule is CCOCCCCNC(=NCC1CCOC1)NCCc1ccco1.I. The first kappa shape index (κ1) is 22.2. The van der Waals surface area contributed by atoms with Crippen molar-refractivity contribution in [2.24, 2.45) is 10.9 Å². The molecule has 0 aromatic carbocycles. The van der Waals surface area contributed by atoms with Crippen LogP contribution in [0, 0.1) is 5.92 Å². The maximum Gasteiger partial charge on any atom is 0.191 e. The largest absolute Gasteiger partial charge is 0.469 e. The Hall–Kier alpha value is -0.800. The number of furan rings is 1. The summed E-state index contributed by atoms with van der Waals surface area (Å²) in [5.74, 6) is 2.42. The van der Waals surface area contributed by atoms with Crippen molar-refractivity contribution in [3.8, 4) is 0 Å². The number of hydrogen-bond donors (Lipinski definition) is 2. The average Bonchev–Trinajstić information content (AvgIpc) is 3.28. The molecule has 0 radical (unpaired) electrons. The molecule has 1 fully saturated rings. The molecule has 1 atom stereocenters. The third-order valence-electron chi connectivity index (χ3n) is 3.99. The Labute approximate surface area is 168 Å². The number of aliphatic imine (C=N–C) groups is 1. The first-order chi connectivity index (χ1) is 11.9. The van der Waals surface area contributed by atoms with Gasteiger partial charge in [0.15, 0.2) is 5.96 Å². The van der Waals surface area contributed by atoms with Crippen LogP contribution in [0.3, 0.4) is 0 Å². The van der Waals surface area contributed by atoms with Crippen molar-refractivity contribution >= 4 is 29.9 Å². The van der Waals surface area contributed by atoms with Crippen molar-refractivity contribution in [1.29, 1.82) is 0 Å². The zero-order valence-corrected chi connectivity index (χ0v) is 17.5. The third-order valence-corrected chi connectivity index (χ3v) is 3.99. The van der Waals surface area contributed by atoms with Crippen LogP contribution in [0.5, 0.6) is 0 Å². The van der Waals surface area contributed by atoms with E-state index in [-0.39, 0.29) is 24.0 Å². The van der Waals surface area contributed by atoms with Gasteiger partial charge in [0.25, 0.3) is 0 Å². The molecule has 25 heavy (non-hydrogen) atoms. The smallest absolute Gasteiger partial charge is 0.191 e. The number of halogens is 1. The van der Waals surface area contributed by atoms with Crippen LogP contribution in [0.15, 0.2) is 27.8 Å². The van der Waals surface area contributed by atoms with E-state index >= 15 is 0 Å². The highest BCUT2D eigenvalue weighted by Crippen LogP contribution is 2.12. The number of rotatable bonds is 11. The summed E-state index contributed by atoms with van der Waals surface area (Å²) in [4.78, 5) is 4.71. The second-order valence-corrected chi connectivity index (χ2v) is 6.01. The molecule has 6 nitrogen and oxygen atoms in total. The molecule has 1 unspecified atom stereocenters. The van der Waals surface area contributed by atoms with Gasteiger partial charge in [0, 0.05) is 51.8 Å². The van der Waals surface area contributed by atoms with Gasteiger partial charge in [0.2, 0.25) is 0 Å². The predicted molar refractivity (Wildman–Crippen MR) is 111 cm³/mol. The summed E-state index contributed by atoms with van der Waals surface area (Å²) in [5, 5.41) is 6.80. The van der Waals surface area contributed by atoms with E-state index < -0.39 is 0 Å². The average molecular weight is 465 g/mol. The number of nitrogens with one attached hydrogen (secondary N) is 2. The van der Waals surface area contributed by atoms with E-state index in [2.05, 4.69) is 10.6 Å². The molecule has 0 bridgehead atoms. The molecular formula is C18H32IN3O3. The van der Waals surface area contributed by atoms with Crippen LogP contribution >= 0.6 is 24.0 Å². The monoisotopic (exact) mass is 465 g/mol. The van der Waals surface area contributed by atoms with Gasteiger partial charge in [-0.25, -0.2) is 0 Å². The number of guanidine groups is 1. The molecule has 2 rings (SSSR count). The van der Waals surface area contributed by atoms with Gasteiger partial charge < -0.3 is 24.5 Å². The summed E-state index contributed by atoms with van der Waals surface area (Å²) in [6.07, 6.45) is 5.81. The van der Waals surface area contributed by atoms with Crippen molar-refractivity contribution in [2.75, 3.05) is 46.1 Å². The van der Waals surface area contributed by atoms with Crippen molar-refractivity contribution in [2.45, 2.75) is 32.6 Å². The fourth-order valence-corrected chi connectivity index (χ4v) is 2.56. The second kappa shape index (κ2) is 14.4. The van der Waals surface area contributed by atoms with E-state index in [1.807, 2.05) is 19.1 Å². The summed E-state index contributed by atoms with van der Waals surface area (Å²) >= 11 is 0. The Kier molecular flexibility index (Phi) is 12.8. The summed E-state index contributed by atoms with van der Waals surface area (Å²) in [7, 11) is 0. The van der Waals surface area contributed by atoms with Crippen molar-refractivity contribution in [3.63, 3.8) is 0 Å². The van der Waals surface area contributed by atoms with Gasteiger partial charge in [-0.05, 0) is 38.3 Å². The Bertz CT molecular complexity index is 448. The molecule has 1 aliphatic heterocycles. The van der Waals surface area contributed by atoms with Crippen LogP contribution in [0.2, 0.25) is 0 Å². The van der Waals surface area contributed by atoms with Crippen LogP contribution < -0.4 is 10.6 Å². The number of hydrogen-bond acceptors (Lipinski definition) is 4. The Morgan fingerprint density at radius 2 is 2.20 bits per heavy atom. The molecule has 0 amide bonds. The maximum absolute atomic E-state index is 5.42. The van der Waals surface area contributed by atoms with E-state index in [4.69, 9.17) is 18.9 Å². The normalized spacial score (nSPS) is 17.3. The van der Waals surface area contributed by atoms with Gasteiger partial charge in [-0.3, -0.25) is 4.99 Å². The van der Waals surface area contributed by atoms with Crippen LogP contribution in [0.1, 0.15) is 31.9 Å². The summed E-state index contributed by atoms with van der Waals surface area (Å²) in [6.45, 7) is 7.87. The quantitative estimate of drug-likeness (QED) is 0.228. The molecule has 0 aliphatic carbocycles. The highest BCUT2D eigenvalue weighted by molar-refractivity contribution is 14.0. The molecule has 1 aromatic rings. The molecule has 7 heteroatoms. The highest BCUT2D eigenvalue weighted by atomic mass is 127. The van der Waals surface area contributed by atoms with E-state index in [0.717, 1.165) is 83.5 Å². The molecule has 1 aromatic heterocycles. The van der Waals surface area contributed by atoms with E-state index in [1.54, 1.807) is 6.26 Å². The Morgan fingerprint density at radius 3 is 2.92 bits per heavy atom. The molecular weight excluding hydrogens is 433 g/mol. The zero-order chi connectivity index (χ0) is 16.9. The van der Waals surface area contributed by atoms with Crippen molar-refractivity contribution < 1.29 is 13.9 Å². The minimum atomic E-state index is 0. The fourth-order valence-electron chi connectivity index (χ4n) is 2.56. The Balaban J connectivity index is 0.00000312. The Morgan fingerprint density at radius 1 is 1.32 bits per heavy atom. The maximum atomic E-state index is 5.42. The van der Waals surface area contributed by atoms with Crippen LogP contribution in [0.4, 0.5) is 0 Å². The van der Waals surface area contributed by atoms with Gasteiger partial charge >= 0.3 is 0 Å². The lowest BCUT2D eigenvalue weighted by molar-refractivity contribution is 0.143. The molecule has 1 saturated heterocycles. The lowest BCUT2D eigenvalue weighted by atomic mass is 10.1. The third kappa shape index (κ3) is 10.1. The topological polar surface area (TPSA) is 68.0 Å². The molecule has 144 valence electrons. The van der Waals surface area contributed by atoms with Gasteiger partial charge in [0.05, 0.1) is 12.9 Å². The predicted octanol–water partition coefficient (Wildman–Crippen LogP) is 2.83. The summed E-state index contributed by atoms with van der Waals surface area (Å²) < 4.78 is 16.1. The molecule has 2 N–H and O–H groups in total. The number of nitrogens with zero attached hydrogens (tertiary/aromatic N) is 1. The summed E-state index contributed by atoms with van der Waals surface area (Å²) in [6, 6.07) is 3.91. The van der Waals surface area contributed by atoms with Gasteiger partial charge in [-0.2, -0.15) is 0 Å². The van der Waals surface area contributed by atoms with Crippen LogP contribution in [0.25, 0.3) is 0 Å². The van der Waals surface area contributed by atoms with Gasteiger partial charge in [-0.15, -0.1) is 24.0 Å². The van der Waals surface area contributed by atoms with Crippen LogP contribution in [-0.2, 0) is 15.9 Å². The van der Waals surface area contributed by atoms with Gasteiger partial charge in [-0.1, -0.05) is 0 Å². The molecule has 2 heterocycles. The lowest BCUT2D eigenvalue weighted by Gasteiger charge is -2.13. The fraction of sp³-hybridized carbons (Fsp3) is 0.722.